The molecule has 62 heavy (non-hydrogen) atoms. The van der Waals surface area contributed by atoms with Crippen LogP contribution in [0, 0.1) is 0 Å². The SMILES string of the molecule is c1cc2cc(c1)NCCCNc1cccc(c1)CN1CCNCCN(CCNCC1)Cc1cccc(c1)NCCCNc1cccc(c1)CN1CCNCCN(CCNCC1)C2. The van der Waals surface area contributed by atoms with Crippen molar-refractivity contribution in [1.82, 2.24) is 40.9 Å². The molecule has 0 spiro atoms. The van der Waals surface area contributed by atoms with E-state index in [-0.39, 0.29) is 0 Å². The van der Waals surface area contributed by atoms with Gasteiger partial charge in [-0.05, 0) is 83.6 Å². The van der Waals surface area contributed by atoms with Crippen molar-refractivity contribution in [1.29, 1.82) is 0 Å². The van der Waals surface area contributed by atoms with Crippen LogP contribution in [0.5, 0.6) is 0 Å². The molecule has 0 unspecified atom stereocenters. The summed E-state index contributed by atoms with van der Waals surface area (Å²) >= 11 is 0. The van der Waals surface area contributed by atoms with Crippen molar-refractivity contribution in [2.24, 2.45) is 0 Å². The van der Waals surface area contributed by atoms with Gasteiger partial charge < -0.3 is 42.5 Å². The average molecular weight is 845 g/mol. The molecule has 0 saturated carbocycles. The van der Waals surface area contributed by atoms with Crippen LogP contribution in [0.25, 0.3) is 0 Å². The third kappa shape index (κ3) is 16.8. The summed E-state index contributed by atoms with van der Waals surface area (Å²) in [4.78, 5) is 10.3. The molecule has 0 radical (unpaired) electrons. The highest BCUT2D eigenvalue weighted by atomic mass is 15.2. The highest BCUT2D eigenvalue weighted by Crippen LogP contribution is 2.17. The quantitative estimate of drug-likeness (QED) is 0.125. The fourth-order valence-electron chi connectivity index (χ4n) is 8.74. The highest BCUT2D eigenvalue weighted by molar-refractivity contribution is 5.48. The minimum atomic E-state index is 0.934. The maximum absolute atomic E-state index is 3.75. The molecule has 10 rings (SSSR count). The summed E-state index contributed by atoms with van der Waals surface area (Å²) in [7, 11) is 0. The molecule has 6 aliphatic rings. The van der Waals surface area contributed by atoms with Gasteiger partial charge in [-0.2, -0.15) is 0 Å². The number of nitrogens with one attached hydrogen (secondary N) is 8. The second kappa shape index (κ2) is 26.4. The van der Waals surface area contributed by atoms with Gasteiger partial charge in [-0.3, -0.25) is 19.6 Å². The van der Waals surface area contributed by atoms with Crippen molar-refractivity contribution >= 4 is 22.7 Å². The zero-order valence-corrected chi connectivity index (χ0v) is 37.4. The van der Waals surface area contributed by atoms with Crippen LogP contribution in [0.4, 0.5) is 22.7 Å². The number of benzene rings is 4. The first-order valence-corrected chi connectivity index (χ1v) is 23.7. The van der Waals surface area contributed by atoms with E-state index in [4.69, 9.17) is 0 Å². The molecule has 6 heterocycles. The van der Waals surface area contributed by atoms with E-state index in [2.05, 4.69) is 159 Å². The first-order valence-electron chi connectivity index (χ1n) is 23.7. The summed E-state index contributed by atoms with van der Waals surface area (Å²) in [5.41, 5.74) is 10.3. The van der Waals surface area contributed by atoms with E-state index in [0.29, 0.717) is 0 Å². The van der Waals surface area contributed by atoms with E-state index in [1.807, 2.05) is 0 Å². The summed E-state index contributed by atoms with van der Waals surface area (Å²) < 4.78 is 0. The third-order valence-corrected chi connectivity index (χ3v) is 12.2. The lowest BCUT2D eigenvalue weighted by molar-refractivity contribution is 0.233. The molecule has 6 aliphatic heterocycles. The van der Waals surface area contributed by atoms with Crippen molar-refractivity contribution in [3.63, 3.8) is 0 Å². The molecule has 336 valence electrons. The largest absolute Gasteiger partial charge is 0.385 e. The maximum atomic E-state index is 3.75. The Bertz CT molecular complexity index is 1570. The number of hydrogen-bond donors (Lipinski definition) is 8. The zero-order valence-electron chi connectivity index (χ0n) is 37.4. The van der Waals surface area contributed by atoms with Gasteiger partial charge >= 0.3 is 0 Å². The van der Waals surface area contributed by atoms with E-state index in [1.54, 1.807) is 0 Å². The van der Waals surface area contributed by atoms with Crippen LogP contribution in [0.2, 0.25) is 0 Å². The smallest absolute Gasteiger partial charge is 0.0343 e. The molecule has 0 atom stereocenters. The van der Waals surface area contributed by atoms with Gasteiger partial charge in [0.15, 0.2) is 0 Å². The van der Waals surface area contributed by atoms with Gasteiger partial charge in [0.2, 0.25) is 0 Å². The Kier molecular flexibility index (Phi) is 19.5. The summed E-state index contributed by atoms with van der Waals surface area (Å²) in [5, 5.41) is 29.8. The van der Waals surface area contributed by atoms with E-state index in [9.17, 15) is 0 Å². The summed E-state index contributed by atoms with van der Waals surface area (Å²) in [6.07, 6.45) is 2.09. The predicted molar refractivity (Wildman–Crippen MR) is 262 cm³/mol. The molecule has 2 saturated heterocycles. The number of nitrogens with zero attached hydrogens (tertiary/aromatic N) is 4. The lowest BCUT2D eigenvalue weighted by Gasteiger charge is -2.27. The number of anilines is 4. The minimum Gasteiger partial charge on any atom is -0.385 e. The van der Waals surface area contributed by atoms with Gasteiger partial charge in [-0.1, -0.05) is 48.5 Å². The standard InChI is InChI=1S/C50H76N12/c1-7-43-35-47(11-1)55-15-5-16-56-48-12-2-8-44(36-48)40-61-31-23-53-25-33-62(34-26-54-24-32-61)42-46-10-4-14-50(38-46)58-18-6-17-57-49-13-3-9-45(37-49)41-60-29-21-51-19-27-59(39-43)28-20-52-22-30-60/h1-4,7-14,35-38,51-58H,5-6,15-34,39-42H2. The number of hydrogen-bond acceptors (Lipinski definition) is 12. The van der Waals surface area contributed by atoms with E-state index < -0.39 is 0 Å². The molecule has 0 aliphatic carbocycles. The summed E-state index contributed by atoms with van der Waals surface area (Å²) in [6, 6.07) is 36.0. The van der Waals surface area contributed by atoms with Gasteiger partial charge in [-0.25, -0.2) is 0 Å². The minimum absolute atomic E-state index is 0.934. The Morgan fingerprint density at radius 2 is 0.500 bits per heavy atom. The van der Waals surface area contributed by atoms with Crippen LogP contribution in [0.15, 0.2) is 97.1 Å². The molecule has 12 nitrogen and oxygen atoms in total. The molecule has 0 aromatic heterocycles. The Morgan fingerprint density at radius 1 is 0.274 bits per heavy atom. The van der Waals surface area contributed by atoms with Crippen LogP contribution < -0.4 is 42.5 Å². The Balaban J connectivity index is 0.968. The van der Waals surface area contributed by atoms with Crippen molar-refractivity contribution < 1.29 is 0 Å². The lowest BCUT2D eigenvalue weighted by Crippen LogP contribution is -2.42. The predicted octanol–water partition coefficient (Wildman–Crippen LogP) is 4.82. The second-order valence-corrected chi connectivity index (χ2v) is 17.3. The Labute approximate surface area is 373 Å². The van der Waals surface area contributed by atoms with Gasteiger partial charge in [0.1, 0.15) is 0 Å². The molecular formula is C50H76N12. The summed E-state index contributed by atoms with van der Waals surface area (Å²) in [6.45, 7) is 23.8. The van der Waals surface area contributed by atoms with Gasteiger partial charge in [0.25, 0.3) is 0 Å². The molecule has 4 aromatic carbocycles. The fraction of sp³-hybridized carbons (Fsp3) is 0.520. The normalized spacial score (nSPS) is 24.0. The van der Waals surface area contributed by atoms with Crippen LogP contribution >= 0.6 is 0 Å². The van der Waals surface area contributed by atoms with E-state index >= 15 is 0 Å². The molecule has 4 aromatic rings. The monoisotopic (exact) mass is 845 g/mol. The first kappa shape index (κ1) is 45.8. The highest BCUT2D eigenvalue weighted by Gasteiger charge is 2.13. The van der Waals surface area contributed by atoms with Gasteiger partial charge in [0.05, 0.1) is 0 Å². The van der Waals surface area contributed by atoms with Crippen LogP contribution in [0.3, 0.4) is 0 Å². The number of rotatable bonds is 0. The molecule has 12 bridgehead atoms. The maximum Gasteiger partial charge on any atom is 0.0343 e. The third-order valence-electron chi connectivity index (χ3n) is 12.2. The van der Waals surface area contributed by atoms with Gasteiger partial charge in [-0.15, -0.1) is 0 Å². The molecule has 8 N–H and O–H groups in total. The second-order valence-electron chi connectivity index (χ2n) is 17.3. The van der Waals surface area contributed by atoms with E-state index in [0.717, 1.165) is 170 Å². The molecular weight excluding hydrogens is 769 g/mol. The van der Waals surface area contributed by atoms with Crippen LogP contribution in [-0.2, 0) is 26.2 Å². The molecule has 2 fully saturated rings. The van der Waals surface area contributed by atoms with Crippen molar-refractivity contribution in [3.8, 4) is 0 Å². The Morgan fingerprint density at radius 3 is 0.726 bits per heavy atom. The zero-order chi connectivity index (χ0) is 42.3. The van der Waals surface area contributed by atoms with Gasteiger partial charge in [0, 0.05) is 180 Å². The lowest BCUT2D eigenvalue weighted by atomic mass is 10.1. The van der Waals surface area contributed by atoms with Crippen molar-refractivity contribution in [2.45, 2.75) is 39.0 Å². The van der Waals surface area contributed by atoms with E-state index in [1.165, 1.54) is 45.0 Å². The first-order chi connectivity index (χ1) is 30.7. The van der Waals surface area contributed by atoms with Crippen molar-refractivity contribution in [3.05, 3.63) is 119 Å². The molecule has 12 heteroatoms. The summed E-state index contributed by atoms with van der Waals surface area (Å²) in [5.74, 6) is 0. The Hall–Kier alpha value is -4.24. The van der Waals surface area contributed by atoms with Crippen LogP contribution in [-0.4, -0.2) is 150 Å². The molecule has 0 amide bonds. The van der Waals surface area contributed by atoms with Crippen molar-refractivity contribution in [2.75, 3.05) is 152 Å². The van der Waals surface area contributed by atoms with Crippen LogP contribution in [0.1, 0.15) is 35.1 Å². The average Bonchev–Trinajstić information content (AvgIpc) is 3.27. The topological polar surface area (TPSA) is 109 Å². The fourth-order valence-corrected chi connectivity index (χ4v) is 8.74.